The van der Waals surface area contributed by atoms with Crippen LogP contribution in [0.3, 0.4) is 0 Å². The Morgan fingerprint density at radius 2 is 1.93 bits per heavy atom. The van der Waals surface area contributed by atoms with Gasteiger partial charge in [0.25, 0.3) is 0 Å². The fourth-order valence-electron chi connectivity index (χ4n) is 5.40. The molecule has 0 radical (unpaired) electrons. The topological polar surface area (TPSA) is 93.2 Å². The Morgan fingerprint density at radius 1 is 1.17 bits per heavy atom. The molecule has 10 heteroatoms. The van der Waals surface area contributed by atoms with E-state index in [1.807, 2.05) is 51.1 Å². The van der Waals surface area contributed by atoms with Crippen LogP contribution in [0.1, 0.15) is 27.2 Å². The Kier molecular flexibility index (Phi) is 7.93. The molecule has 2 fully saturated rings. The van der Waals surface area contributed by atoms with Gasteiger partial charge in [-0.05, 0) is 69.5 Å². The number of nitrogens with one attached hydrogen (secondary N) is 1. The number of carbonyl (C=O) groups is 2. The number of piperidine rings is 1. The van der Waals surface area contributed by atoms with Crippen LogP contribution in [0.25, 0.3) is 22.2 Å². The molecule has 1 aromatic heterocycles. The molecular weight excluding hydrogens is 527 g/mol. The van der Waals surface area contributed by atoms with Crippen molar-refractivity contribution < 1.29 is 28.2 Å². The van der Waals surface area contributed by atoms with Gasteiger partial charge in [0.05, 0.1) is 30.8 Å². The highest BCUT2D eigenvalue weighted by Crippen LogP contribution is 2.39. The summed E-state index contributed by atoms with van der Waals surface area (Å²) in [5.41, 5.74) is 2.49. The highest BCUT2D eigenvalue weighted by Gasteiger charge is 2.40. The molecular formula is C31H37FN4O5. The second kappa shape index (κ2) is 11.4. The number of likely N-dealkylation sites (N-methyl/N-ethyl adjacent to an activating group) is 1. The first kappa shape index (κ1) is 28.4. The molecule has 2 aliphatic rings. The van der Waals surface area contributed by atoms with Gasteiger partial charge in [-0.3, -0.25) is 4.79 Å². The molecule has 5 rings (SSSR count). The van der Waals surface area contributed by atoms with Crippen LogP contribution < -0.4 is 19.7 Å². The maximum atomic E-state index is 14.8. The zero-order chi connectivity index (χ0) is 29.3. The maximum Gasteiger partial charge on any atom is 0.410 e. The molecule has 3 heterocycles. The minimum Gasteiger partial charge on any atom is -0.494 e. The number of hydrogen-bond donors (Lipinski definition) is 1. The number of aromatic nitrogens is 1. The average Bonchev–Trinajstić information content (AvgIpc) is 3.37. The Hall–Kier alpha value is -4.08. The van der Waals surface area contributed by atoms with Gasteiger partial charge in [-0.15, -0.1) is 0 Å². The number of rotatable bonds is 7. The van der Waals surface area contributed by atoms with E-state index in [4.69, 9.17) is 19.2 Å². The SMILES string of the molecule is COc1cc2nc(-c3ccc(OCCN(C)C(=O)OC(C)(C)C)cc3)cc(N3CC4CCNC(=O)C4C3)c2cc1F. The second-order valence-corrected chi connectivity index (χ2v) is 11.7. The van der Waals surface area contributed by atoms with Crippen molar-refractivity contribution in [3.8, 4) is 22.8 Å². The van der Waals surface area contributed by atoms with Crippen LogP contribution in [0.2, 0.25) is 0 Å². The van der Waals surface area contributed by atoms with Crippen LogP contribution in [0.4, 0.5) is 14.9 Å². The number of methoxy groups -OCH3 is 1. The van der Waals surface area contributed by atoms with Gasteiger partial charge in [0.15, 0.2) is 11.6 Å². The summed E-state index contributed by atoms with van der Waals surface area (Å²) in [6.45, 7) is 8.17. The van der Waals surface area contributed by atoms with Crippen LogP contribution in [0.15, 0.2) is 42.5 Å². The zero-order valence-electron chi connectivity index (χ0n) is 24.2. The average molecular weight is 565 g/mol. The van der Waals surface area contributed by atoms with Gasteiger partial charge in [-0.25, -0.2) is 14.2 Å². The number of benzene rings is 2. The fraction of sp³-hybridized carbons (Fsp3) is 0.452. The molecule has 3 aromatic rings. The first-order chi connectivity index (χ1) is 19.5. The summed E-state index contributed by atoms with van der Waals surface area (Å²) in [5, 5.41) is 3.65. The molecule has 2 amide bonds. The fourth-order valence-corrected chi connectivity index (χ4v) is 5.40. The quantitative estimate of drug-likeness (QED) is 0.438. The summed E-state index contributed by atoms with van der Waals surface area (Å²) in [6, 6.07) is 12.6. The molecule has 0 saturated carbocycles. The predicted octanol–water partition coefficient (Wildman–Crippen LogP) is 4.87. The molecule has 2 atom stereocenters. The van der Waals surface area contributed by atoms with Crippen molar-refractivity contribution in [1.82, 2.24) is 15.2 Å². The normalized spacial score (nSPS) is 18.6. The molecule has 1 N–H and O–H groups in total. The smallest absolute Gasteiger partial charge is 0.410 e. The molecule has 0 spiro atoms. The molecule has 0 aliphatic carbocycles. The van der Waals surface area contributed by atoms with Crippen LogP contribution in [-0.4, -0.2) is 74.4 Å². The van der Waals surface area contributed by atoms with E-state index in [1.165, 1.54) is 18.1 Å². The van der Waals surface area contributed by atoms with E-state index in [9.17, 15) is 14.0 Å². The summed E-state index contributed by atoms with van der Waals surface area (Å²) in [7, 11) is 3.11. The lowest BCUT2D eigenvalue weighted by Gasteiger charge is -2.24. The third-order valence-corrected chi connectivity index (χ3v) is 7.54. The van der Waals surface area contributed by atoms with Crippen molar-refractivity contribution in [2.24, 2.45) is 11.8 Å². The molecule has 2 unspecified atom stereocenters. The highest BCUT2D eigenvalue weighted by molar-refractivity contribution is 5.96. The Morgan fingerprint density at radius 3 is 2.61 bits per heavy atom. The van der Waals surface area contributed by atoms with Crippen molar-refractivity contribution in [2.75, 3.05) is 51.8 Å². The summed E-state index contributed by atoms with van der Waals surface area (Å²) >= 11 is 0. The summed E-state index contributed by atoms with van der Waals surface area (Å²) in [6.07, 6.45) is 0.531. The molecule has 41 heavy (non-hydrogen) atoms. The van der Waals surface area contributed by atoms with Crippen molar-refractivity contribution in [3.63, 3.8) is 0 Å². The molecule has 2 aliphatic heterocycles. The third-order valence-electron chi connectivity index (χ3n) is 7.54. The monoisotopic (exact) mass is 564 g/mol. The van der Waals surface area contributed by atoms with E-state index in [0.29, 0.717) is 42.9 Å². The van der Waals surface area contributed by atoms with E-state index in [0.717, 1.165) is 29.9 Å². The van der Waals surface area contributed by atoms with Crippen molar-refractivity contribution in [3.05, 3.63) is 48.3 Å². The number of nitrogens with zero attached hydrogens (tertiary/aromatic N) is 3. The van der Waals surface area contributed by atoms with E-state index < -0.39 is 17.5 Å². The first-order valence-corrected chi connectivity index (χ1v) is 13.9. The largest absolute Gasteiger partial charge is 0.494 e. The number of carbonyl (C=O) groups excluding carboxylic acids is 2. The van der Waals surface area contributed by atoms with E-state index in [-0.39, 0.29) is 23.5 Å². The number of amides is 2. The minimum atomic E-state index is -0.556. The Balaban J connectivity index is 1.36. The summed E-state index contributed by atoms with van der Waals surface area (Å²) < 4.78 is 31.3. The number of fused-ring (bicyclic) bond motifs is 2. The van der Waals surface area contributed by atoms with Gasteiger partial charge in [0.1, 0.15) is 18.0 Å². The molecule has 218 valence electrons. The van der Waals surface area contributed by atoms with E-state index >= 15 is 0 Å². The van der Waals surface area contributed by atoms with Crippen molar-refractivity contribution in [2.45, 2.75) is 32.8 Å². The number of anilines is 1. The molecule has 0 bridgehead atoms. The molecule has 2 aromatic carbocycles. The second-order valence-electron chi connectivity index (χ2n) is 11.7. The number of hydrogen-bond acceptors (Lipinski definition) is 7. The third kappa shape index (κ3) is 6.31. The molecule has 9 nitrogen and oxygen atoms in total. The minimum absolute atomic E-state index is 0.0793. The van der Waals surface area contributed by atoms with Crippen molar-refractivity contribution >= 4 is 28.6 Å². The first-order valence-electron chi connectivity index (χ1n) is 13.9. The van der Waals surface area contributed by atoms with Gasteiger partial charge in [-0.1, -0.05) is 0 Å². The van der Waals surface area contributed by atoms with E-state index in [1.54, 1.807) is 13.1 Å². The lowest BCUT2D eigenvalue weighted by atomic mass is 9.89. The van der Waals surface area contributed by atoms with Crippen molar-refractivity contribution in [1.29, 1.82) is 0 Å². The number of ether oxygens (including phenoxy) is 3. The highest BCUT2D eigenvalue weighted by atomic mass is 19.1. The summed E-state index contributed by atoms with van der Waals surface area (Å²) in [4.78, 5) is 33.2. The zero-order valence-corrected chi connectivity index (χ0v) is 24.2. The lowest BCUT2D eigenvalue weighted by molar-refractivity contribution is -0.127. The molecule has 2 saturated heterocycles. The van der Waals surface area contributed by atoms with E-state index in [2.05, 4.69) is 10.2 Å². The van der Waals surface area contributed by atoms with Crippen LogP contribution in [0, 0.1) is 17.7 Å². The van der Waals surface area contributed by atoms with Gasteiger partial charge in [-0.2, -0.15) is 0 Å². The Bertz CT molecular complexity index is 1440. The van der Waals surface area contributed by atoms with Crippen LogP contribution in [-0.2, 0) is 9.53 Å². The summed E-state index contributed by atoms with van der Waals surface area (Å²) in [5.74, 6) is 0.606. The standard InChI is InChI=1S/C31H37FN4O5/c1-31(2,3)41-30(38)35(4)12-13-40-21-8-6-19(7-9-21)25-15-27(22-14-24(32)28(39-5)16-26(22)34-25)36-17-20-10-11-33-29(37)23(20)18-36/h6-9,14-16,20,23H,10-13,17-18H2,1-5H3,(H,33,37). The Labute approximate surface area is 239 Å². The number of pyridine rings is 1. The van der Waals surface area contributed by atoms with Gasteiger partial charge < -0.3 is 29.3 Å². The maximum absolute atomic E-state index is 14.8. The lowest BCUT2D eigenvalue weighted by Crippen LogP contribution is -2.41. The van der Waals surface area contributed by atoms with Crippen LogP contribution >= 0.6 is 0 Å². The number of halogens is 1. The van der Waals surface area contributed by atoms with Gasteiger partial charge >= 0.3 is 6.09 Å². The van der Waals surface area contributed by atoms with Crippen LogP contribution in [0.5, 0.6) is 11.5 Å². The van der Waals surface area contributed by atoms with Gasteiger partial charge in [0, 0.05) is 49.4 Å². The van der Waals surface area contributed by atoms with Gasteiger partial charge in [0.2, 0.25) is 5.91 Å². The predicted molar refractivity (Wildman–Crippen MR) is 155 cm³/mol.